The lowest BCUT2D eigenvalue weighted by Crippen LogP contribution is -2.05. The van der Waals surface area contributed by atoms with Gasteiger partial charge in [-0.3, -0.25) is 4.68 Å². The summed E-state index contributed by atoms with van der Waals surface area (Å²) in [6, 6.07) is 13.4. The van der Waals surface area contributed by atoms with Crippen molar-refractivity contribution in [2.24, 2.45) is 0 Å². The number of hydrogen-bond acceptors (Lipinski definition) is 6. The fraction of sp³-hybridized carbons (Fsp3) is 0.154. The number of sulfone groups is 1. The molecule has 7 nitrogen and oxygen atoms in total. The Hall–Kier alpha value is -4.05. The lowest BCUT2D eigenvalue weighted by molar-refractivity contribution is 0.593. The number of rotatable bonds is 6. The Morgan fingerprint density at radius 1 is 0.861 bits per heavy atom. The third-order valence-corrected chi connectivity index (χ3v) is 6.50. The summed E-state index contributed by atoms with van der Waals surface area (Å²) in [7, 11) is -3.70. The van der Waals surface area contributed by atoms with Crippen LogP contribution in [0.5, 0.6) is 0 Å². The number of fused-ring (bicyclic) bond motifs is 1. The van der Waals surface area contributed by atoms with Gasteiger partial charge in [-0.1, -0.05) is 19.1 Å². The van der Waals surface area contributed by atoms with E-state index >= 15 is 0 Å². The Morgan fingerprint density at radius 2 is 1.50 bits per heavy atom. The van der Waals surface area contributed by atoms with E-state index in [9.17, 15) is 17.2 Å². The van der Waals surface area contributed by atoms with Crippen LogP contribution in [-0.4, -0.2) is 39.4 Å². The van der Waals surface area contributed by atoms with E-state index in [1.54, 1.807) is 35.0 Å². The van der Waals surface area contributed by atoms with Gasteiger partial charge in [-0.05, 0) is 54.4 Å². The first-order chi connectivity index (χ1) is 17.2. The number of benzene rings is 2. The lowest BCUT2D eigenvalue weighted by Gasteiger charge is -2.16. The van der Waals surface area contributed by atoms with E-state index in [2.05, 4.69) is 15.1 Å². The van der Waals surface area contributed by atoms with Gasteiger partial charge in [-0.25, -0.2) is 32.2 Å². The van der Waals surface area contributed by atoms with Crippen molar-refractivity contribution >= 4 is 20.9 Å². The molecule has 0 saturated heterocycles. The SMILES string of the molecule is CCCn1cc2c(-c3ccc(F)cc3)c(-c3ccnc(S(C)(=O)=O)n3)c(-c3ccc(F)cc3)nc2n1. The van der Waals surface area contributed by atoms with Gasteiger partial charge >= 0.3 is 0 Å². The first kappa shape index (κ1) is 23.7. The van der Waals surface area contributed by atoms with E-state index in [0.29, 0.717) is 51.2 Å². The van der Waals surface area contributed by atoms with Crippen LogP contribution in [-0.2, 0) is 16.4 Å². The average molecular weight is 506 g/mol. The van der Waals surface area contributed by atoms with Crippen molar-refractivity contribution in [2.75, 3.05) is 6.26 Å². The highest BCUT2D eigenvalue weighted by atomic mass is 32.2. The number of aryl methyl sites for hydroxylation is 1. The van der Waals surface area contributed by atoms with Crippen molar-refractivity contribution in [1.82, 2.24) is 24.7 Å². The minimum Gasteiger partial charge on any atom is -0.270 e. The predicted octanol–water partition coefficient (Wildman–Crippen LogP) is 5.31. The van der Waals surface area contributed by atoms with E-state index in [1.807, 2.05) is 13.1 Å². The van der Waals surface area contributed by atoms with Crippen LogP contribution < -0.4 is 0 Å². The predicted molar refractivity (Wildman–Crippen MR) is 133 cm³/mol. The molecule has 0 radical (unpaired) electrons. The Bertz CT molecular complexity index is 1680. The summed E-state index contributed by atoms with van der Waals surface area (Å²) in [5.74, 6) is -0.804. The van der Waals surface area contributed by atoms with Crippen molar-refractivity contribution < 1.29 is 17.2 Å². The molecule has 0 aliphatic carbocycles. The topological polar surface area (TPSA) is 90.6 Å². The highest BCUT2D eigenvalue weighted by Gasteiger charge is 2.24. The van der Waals surface area contributed by atoms with Crippen molar-refractivity contribution in [2.45, 2.75) is 25.0 Å². The molecule has 0 aliphatic heterocycles. The molecule has 2 aromatic carbocycles. The van der Waals surface area contributed by atoms with Crippen molar-refractivity contribution in [3.8, 4) is 33.6 Å². The highest BCUT2D eigenvalue weighted by molar-refractivity contribution is 7.90. The van der Waals surface area contributed by atoms with E-state index < -0.39 is 21.5 Å². The molecular formula is C26H21F2N5O2S. The Labute approximate surface area is 206 Å². The molecule has 0 N–H and O–H groups in total. The first-order valence-corrected chi connectivity index (χ1v) is 13.1. The van der Waals surface area contributed by atoms with E-state index in [4.69, 9.17) is 4.98 Å². The summed E-state index contributed by atoms with van der Waals surface area (Å²) in [4.78, 5) is 13.1. The molecule has 0 saturated carbocycles. The number of aromatic nitrogens is 5. The minimum absolute atomic E-state index is 0.307. The van der Waals surface area contributed by atoms with Gasteiger partial charge in [0.25, 0.3) is 0 Å². The van der Waals surface area contributed by atoms with Crippen LogP contribution in [0.3, 0.4) is 0 Å². The summed E-state index contributed by atoms with van der Waals surface area (Å²) >= 11 is 0. The van der Waals surface area contributed by atoms with Gasteiger partial charge in [-0.15, -0.1) is 0 Å². The summed E-state index contributed by atoms with van der Waals surface area (Å²) in [6.07, 6.45) is 5.11. The van der Waals surface area contributed by atoms with Gasteiger partial charge in [0, 0.05) is 47.3 Å². The van der Waals surface area contributed by atoms with E-state index in [-0.39, 0.29) is 5.16 Å². The summed E-state index contributed by atoms with van der Waals surface area (Å²) in [5.41, 5.74) is 3.59. The summed E-state index contributed by atoms with van der Waals surface area (Å²) in [6.45, 7) is 2.69. The second-order valence-electron chi connectivity index (χ2n) is 8.35. The number of nitrogens with zero attached hydrogens (tertiary/aromatic N) is 5. The molecule has 0 spiro atoms. The molecule has 182 valence electrons. The van der Waals surface area contributed by atoms with Gasteiger partial charge < -0.3 is 0 Å². The van der Waals surface area contributed by atoms with Crippen LogP contribution in [0.15, 0.2) is 72.1 Å². The zero-order chi connectivity index (χ0) is 25.4. The molecule has 36 heavy (non-hydrogen) atoms. The molecule has 0 unspecified atom stereocenters. The lowest BCUT2D eigenvalue weighted by atomic mass is 9.91. The van der Waals surface area contributed by atoms with Crippen LogP contribution in [0.4, 0.5) is 8.78 Å². The highest BCUT2D eigenvalue weighted by Crippen LogP contribution is 2.42. The van der Waals surface area contributed by atoms with Crippen LogP contribution >= 0.6 is 0 Å². The maximum absolute atomic E-state index is 13.9. The van der Waals surface area contributed by atoms with Crippen molar-refractivity contribution in [1.29, 1.82) is 0 Å². The Kier molecular flexibility index (Phi) is 6.05. The monoisotopic (exact) mass is 505 g/mol. The van der Waals surface area contributed by atoms with E-state index in [0.717, 1.165) is 12.7 Å². The van der Waals surface area contributed by atoms with Crippen LogP contribution in [0, 0.1) is 11.6 Å². The normalized spacial score (nSPS) is 11.8. The molecule has 5 aromatic rings. The van der Waals surface area contributed by atoms with Crippen LogP contribution in [0.25, 0.3) is 44.7 Å². The molecular weight excluding hydrogens is 484 g/mol. The minimum atomic E-state index is -3.70. The average Bonchev–Trinajstić information content (AvgIpc) is 3.26. The molecule has 0 atom stereocenters. The third kappa shape index (κ3) is 4.47. The standard InChI is InChI=1S/C26H21F2N5O2S/c1-3-14-33-15-20-22(16-4-8-18(27)9-5-16)23(21-12-13-29-26(30-21)36(2,34)35)24(31-25(20)32-33)17-6-10-19(28)11-7-17/h4-13,15H,3,14H2,1-2H3. The molecule has 10 heteroatoms. The Balaban J connectivity index is 1.94. The number of halogens is 2. The van der Waals surface area contributed by atoms with Gasteiger partial charge in [0.1, 0.15) is 11.6 Å². The third-order valence-electron chi connectivity index (χ3n) is 5.64. The molecule has 0 amide bonds. The molecule has 0 fully saturated rings. The maximum atomic E-state index is 13.9. The molecule has 5 rings (SSSR count). The smallest absolute Gasteiger partial charge is 0.247 e. The van der Waals surface area contributed by atoms with Gasteiger partial charge in [-0.2, -0.15) is 5.10 Å². The largest absolute Gasteiger partial charge is 0.270 e. The first-order valence-electron chi connectivity index (χ1n) is 11.2. The van der Waals surface area contributed by atoms with Crippen molar-refractivity contribution in [3.05, 3.63) is 78.6 Å². The second-order valence-corrected chi connectivity index (χ2v) is 10.3. The maximum Gasteiger partial charge on any atom is 0.247 e. The summed E-state index contributed by atoms with van der Waals surface area (Å²) in [5, 5.41) is 4.98. The number of pyridine rings is 1. The van der Waals surface area contributed by atoms with E-state index in [1.165, 1.54) is 30.5 Å². The zero-order valence-electron chi connectivity index (χ0n) is 19.5. The van der Waals surface area contributed by atoms with Crippen molar-refractivity contribution in [3.63, 3.8) is 0 Å². The quantitative estimate of drug-likeness (QED) is 0.290. The molecule has 3 aromatic heterocycles. The number of hydrogen-bond donors (Lipinski definition) is 0. The second kappa shape index (κ2) is 9.19. The fourth-order valence-electron chi connectivity index (χ4n) is 4.07. The van der Waals surface area contributed by atoms with Gasteiger partial charge in [0.05, 0.1) is 11.4 Å². The van der Waals surface area contributed by atoms with Crippen LogP contribution in [0.1, 0.15) is 13.3 Å². The molecule has 0 bridgehead atoms. The molecule has 3 heterocycles. The van der Waals surface area contributed by atoms with Gasteiger partial charge in [0.15, 0.2) is 5.65 Å². The summed E-state index contributed by atoms with van der Waals surface area (Å²) < 4.78 is 53.9. The van der Waals surface area contributed by atoms with Gasteiger partial charge in [0.2, 0.25) is 15.0 Å². The van der Waals surface area contributed by atoms with Crippen LogP contribution in [0.2, 0.25) is 0 Å². The fourth-order valence-corrected chi connectivity index (χ4v) is 4.59. The Morgan fingerprint density at radius 3 is 2.11 bits per heavy atom. The zero-order valence-corrected chi connectivity index (χ0v) is 20.3. The molecule has 0 aliphatic rings.